The molecule has 0 bridgehead atoms. The van der Waals surface area contributed by atoms with Gasteiger partial charge in [0.05, 0.1) is 17.1 Å². The summed E-state index contributed by atoms with van der Waals surface area (Å²) in [6.07, 6.45) is 0. The van der Waals surface area contributed by atoms with Crippen LogP contribution in [-0.4, -0.2) is 13.4 Å². The Labute approximate surface area is 550 Å². The lowest BCUT2D eigenvalue weighted by Crippen LogP contribution is -2.65. The van der Waals surface area contributed by atoms with Gasteiger partial charge in [-0.15, -0.1) is 0 Å². The summed E-state index contributed by atoms with van der Waals surface area (Å²) in [5.41, 5.74) is 22.9. The van der Waals surface area contributed by atoms with Crippen LogP contribution in [0.2, 0.25) is 0 Å². The molecule has 0 aromatic heterocycles. The molecule has 0 radical (unpaired) electrons. The summed E-state index contributed by atoms with van der Waals surface area (Å²) in [7, 11) is 0. The molecular weight excluding hydrogens is 1170 g/mol. The highest BCUT2D eigenvalue weighted by atomic mass is 32.2. The van der Waals surface area contributed by atoms with Crippen LogP contribution < -0.4 is 57.3 Å². The van der Waals surface area contributed by atoms with E-state index in [4.69, 9.17) is 0 Å². The van der Waals surface area contributed by atoms with Crippen molar-refractivity contribution >= 4 is 143 Å². The number of halogens is 2. The van der Waals surface area contributed by atoms with Crippen molar-refractivity contribution in [2.75, 3.05) is 24.5 Å². The third kappa shape index (κ3) is 9.00. The fourth-order valence-electron chi connectivity index (χ4n) is 14.9. The maximum Gasteiger partial charge on any atom is 0.252 e. The minimum atomic E-state index is -0.488. The molecule has 0 saturated carbocycles. The molecule has 0 spiro atoms. The van der Waals surface area contributed by atoms with E-state index < -0.39 is 25.1 Å². The topological polar surface area (TPSA) is 16.2 Å². The van der Waals surface area contributed by atoms with Crippen LogP contribution in [0.3, 0.4) is 0 Å². The second-order valence-electron chi connectivity index (χ2n) is 24.2. The van der Waals surface area contributed by atoms with Crippen LogP contribution in [0.5, 0.6) is 0 Å². The van der Waals surface area contributed by atoms with Crippen LogP contribution in [0.1, 0.15) is 0 Å². The summed E-state index contributed by atoms with van der Waals surface area (Å²) in [6, 6.07) is 116. The summed E-state index contributed by atoms with van der Waals surface area (Å²) in [4.78, 5) is 12.6. The summed E-state index contributed by atoms with van der Waals surface area (Å²) >= 11 is 1.47. The van der Waals surface area contributed by atoms with Crippen LogP contribution in [0.4, 0.5) is 94.1 Å². The Morgan fingerprint density at radius 3 is 1.14 bits per heavy atom. The maximum absolute atomic E-state index is 20.3. The minimum Gasteiger partial charge on any atom is -0.311 e. The molecule has 0 atom stereocenters. The molecule has 18 rings (SSSR count). The molecule has 94 heavy (non-hydrogen) atoms. The van der Waals surface area contributed by atoms with Crippen molar-refractivity contribution in [3.63, 3.8) is 0 Å². The van der Waals surface area contributed by atoms with Gasteiger partial charge in [-0.3, -0.25) is 0 Å². The molecular formula is C84H55B2F2N5S. The van der Waals surface area contributed by atoms with E-state index in [9.17, 15) is 0 Å². The molecule has 0 aliphatic carbocycles. The standard InChI is InChI=1S/C84H55B2F2N5S/c87-72-39-21-24-42-75(72)93-77-52-66(89(60-29-11-3-12-30-60)61-31-13-4-14-32-61)51-76-80(77)85(68-37-19-22-40-73(68)91(76)62-33-15-5-16-34-62)70-55-71-84(82(88)83(70)93)94-79-54-67(53-78-81(79)86(71)69-38-20-23-41-74(69)92(78)63-35-17-6-18-36-63)90(64-47-43-58(44-48-64)56-25-7-1-8-26-56)65-49-45-59(46-50-65)57-27-9-2-10-28-57/h1-55H. The highest BCUT2D eigenvalue weighted by Crippen LogP contribution is 2.52. The van der Waals surface area contributed by atoms with Gasteiger partial charge in [-0.1, -0.05) is 230 Å². The summed E-state index contributed by atoms with van der Waals surface area (Å²) in [6.45, 7) is -0.900. The predicted octanol–water partition coefficient (Wildman–Crippen LogP) is 19.1. The van der Waals surface area contributed by atoms with Crippen molar-refractivity contribution < 1.29 is 8.78 Å². The van der Waals surface area contributed by atoms with Crippen LogP contribution in [0.15, 0.2) is 343 Å². The van der Waals surface area contributed by atoms with Gasteiger partial charge in [0.1, 0.15) is 5.82 Å². The molecule has 0 N–H and O–H groups in total. The van der Waals surface area contributed by atoms with Gasteiger partial charge in [0.25, 0.3) is 6.71 Å². The largest absolute Gasteiger partial charge is 0.311 e. The van der Waals surface area contributed by atoms with E-state index in [1.165, 1.54) is 17.8 Å². The quantitative estimate of drug-likeness (QED) is 0.119. The van der Waals surface area contributed by atoms with E-state index in [0.717, 1.165) is 128 Å². The lowest BCUT2D eigenvalue weighted by molar-refractivity contribution is 0.603. The van der Waals surface area contributed by atoms with Crippen molar-refractivity contribution in [3.8, 4) is 22.3 Å². The second-order valence-corrected chi connectivity index (χ2v) is 25.3. The van der Waals surface area contributed by atoms with Crippen molar-refractivity contribution in [3.05, 3.63) is 345 Å². The van der Waals surface area contributed by atoms with Crippen molar-refractivity contribution in [2.24, 2.45) is 0 Å². The SMILES string of the molecule is Fc1ccccc1N1c2cc(N(c3ccccc3)c3ccccc3)cc3c2B(c2ccccc2N3c2ccccc2)c2cc3c(c(F)c21)Sc1cc(N(c2ccc(-c4ccccc4)cc2)c2ccc(-c4ccccc4)cc2)cc2c1B3c1ccccc1N2c1ccccc1. The van der Waals surface area contributed by atoms with Gasteiger partial charge in [-0.05, 0) is 171 Å². The molecule has 0 unspecified atom stereocenters. The number of hydrogen-bond acceptors (Lipinski definition) is 6. The Morgan fingerprint density at radius 2 is 0.649 bits per heavy atom. The van der Waals surface area contributed by atoms with E-state index in [0.29, 0.717) is 16.3 Å². The monoisotopic (exact) mass is 1230 g/mol. The molecule has 5 nitrogen and oxygen atoms in total. The number of para-hydroxylation sites is 7. The Hall–Kier alpha value is -11.6. The summed E-state index contributed by atoms with van der Waals surface area (Å²) in [5.74, 6) is -0.875. The lowest BCUT2D eigenvalue weighted by atomic mass is 9.31. The maximum atomic E-state index is 20.3. The first kappa shape index (κ1) is 55.3. The lowest BCUT2D eigenvalue weighted by Gasteiger charge is -2.46. The number of nitrogens with zero attached hydrogens (tertiary/aromatic N) is 5. The highest BCUT2D eigenvalue weighted by molar-refractivity contribution is 8.00. The molecule has 4 aliphatic rings. The molecule has 442 valence electrons. The summed E-state index contributed by atoms with van der Waals surface area (Å²) in [5, 5.41) is 0. The molecule has 0 amide bonds. The Balaban J connectivity index is 0.904. The first-order chi connectivity index (χ1) is 46.5. The molecule has 4 aliphatic heterocycles. The summed E-state index contributed by atoms with van der Waals surface area (Å²) < 4.78 is 37.9. The van der Waals surface area contributed by atoms with Crippen molar-refractivity contribution in [1.82, 2.24) is 0 Å². The number of rotatable bonds is 11. The van der Waals surface area contributed by atoms with Gasteiger partial charge in [-0.2, -0.15) is 0 Å². The normalized spacial score (nSPS) is 12.9. The zero-order chi connectivity index (χ0) is 62.4. The predicted molar refractivity (Wildman–Crippen MR) is 391 cm³/mol. The number of hydrogen-bond donors (Lipinski definition) is 0. The first-order valence-corrected chi connectivity index (χ1v) is 32.7. The Kier molecular flexibility index (Phi) is 13.3. The molecule has 4 heterocycles. The van der Waals surface area contributed by atoms with Crippen LogP contribution in [0.25, 0.3) is 22.3 Å². The molecule has 14 aromatic rings. The van der Waals surface area contributed by atoms with E-state index in [1.54, 1.807) is 12.1 Å². The van der Waals surface area contributed by atoms with Gasteiger partial charge in [0.2, 0.25) is 6.71 Å². The minimum absolute atomic E-state index is 0.246. The number of benzene rings is 14. The van der Waals surface area contributed by atoms with Crippen molar-refractivity contribution in [2.45, 2.75) is 9.79 Å². The van der Waals surface area contributed by atoms with Crippen molar-refractivity contribution in [1.29, 1.82) is 0 Å². The third-order valence-electron chi connectivity index (χ3n) is 18.9. The van der Waals surface area contributed by atoms with Gasteiger partial charge in [0, 0.05) is 78.0 Å². The average Bonchev–Trinajstić information content (AvgIpc) is 0.686. The van der Waals surface area contributed by atoms with Gasteiger partial charge in [0.15, 0.2) is 5.82 Å². The van der Waals surface area contributed by atoms with Gasteiger partial charge in [-0.25, -0.2) is 8.78 Å². The highest BCUT2D eigenvalue weighted by Gasteiger charge is 2.49. The fourth-order valence-corrected chi connectivity index (χ4v) is 16.2. The molecule has 10 heteroatoms. The molecule has 0 fully saturated rings. The van der Waals surface area contributed by atoms with E-state index in [-0.39, 0.29) is 5.69 Å². The zero-order valence-corrected chi connectivity index (χ0v) is 51.6. The van der Waals surface area contributed by atoms with Gasteiger partial charge >= 0.3 is 0 Å². The smallest absolute Gasteiger partial charge is 0.252 e. The van der Waals surface area contributed by atoms with E-state index in [2.05, 4.69) is 274 Å². The van der Waals surface area contributed by atoms with Crippen LogP contribution in [-0.2, 0) is 0 Å². The fraction of sp³-hybridized carbons (Fsp3) is 0. The van der Waals surface area contributed by atoms with Gasteiger partial charge < -0.3 is 24.5 Å². The molecule has 14 aromatic carbocycles. The van der Waals surface area contributed by atoms with E-state index in [1.807, 2.05) is 65.6 Å². The second kappa shape index (κ2) is 22.7. The number of fused-ring (bicyclic) bond motifs is 8. The van der Waals surface area contributed by atoms with Crippen LogP contribution >= 0.6 is 11.8 Å². The molecule has 0 saturated heterocycles. The Bertz CT molecular complexity index is 5110. The third-order valence-corrected chi connectivity index (χ3v) is 20.1. The Morgan fingerprint density at radius 1 is 0.277 bits per heavy atom. The zero-order valence-electron chi connectivity index (χ0n) is 50.8. The van der Waals surface area contributed by atoms with E-state index >= 15 is 8.78 Å². The van der Waals surface area contributed by atoms with Crippen LogP contribution in [0, 0.1) is 11.6 Å². The number of anilines is 15. The first-order valence-electron chi connectivity index (χ1n) is 31.8. The average molecular weight is 1230 g/mol.